The van der Waals surface area contributed by atoms with Crippen LogP contribution in [0.2, 0.25) is 0 Å². The number of carbonyl (C=O) groups excluding carboxylic acids is 3. The molecule has 0 rings (SSSR count). The molecule has 0 aliphatic rings. The molecule has 0 aliphatic heterocycles. The number of allylic oxidation sites excluding steroid dienone is 16. The molecule has 0 spiro atoms. The van der Waals surface area contributed by atoms with Gasteiger partial charge in [0.2, 0.25) is 0 Å². The van der Waals surface area contributed by atoms with Gasteiger partial charge in [0, 0.05) is 19.3 Å². The highest BCUT2D eigenvalue weighted by Gasteiger charge is 2.19. The second-order valence-corrected chi connectivity index (χ2v) is 18.8. The van der Waals surface area contributed by atoms with E-state index in [9.17, 15) is 14.4 Å². The highest BCUT2D eigenvalue weighted by molar-refractivity contribution is 5.71. The molecule has 0 N–H and O–H groups in total. The summed E-state index contributed by atoms with van der Waals surface area (Å²) in [6.07, 6.45) is 75.5. The molecule has 0 heterocycles. The van der Waals surface area contributed by atoms with E-state index in [2.05, 4.69) is 112 Å². The monoisotopic (exact) mass is 959 g/mol. The third-order valence-electron chi connectivity index (χ3n) is 12.0. The third-order valence-corrected chi connectivity index (χ3v) is 12.0. The molecule has 0 radical (unpaired) electrons. The normalized spacial score (nSPS) is 12.8. The summed E-state index contributed by atoms with van der Waals surface area (Å²) in [6.45, 7) is 6.50. The summed E-state index contributed by atoms with van der Waals surface area (Å²) < 4.78 is 16.8. The quantitative estimate of drug-likeness (QED) is 0.0262. The van der Waals surface area contributed by atoms with Gasteiger partial charge in [0.1, 0.15) is 13.2 Å². The van der Waals surface area contributed by atoms with Crippen LogP contribution in [-0.2, 0) is 28.6 Å². The maximum absolute atomic E-state index is 12.8. The van der Waals surface area contributed by atoms with Crippen LogP contribution in [-0.4, -0.2) is 37.2 Å². The van der Waals surface area contributed by atoms with Crippen LogP contribution in [0.1, 0.15) is 265 Å². The second-order valence-electron chi connectivity index (χ2n) is 18.8. The Kier molecular flexibility index (Phi) is 53.9. The zero-order valence-corrected chi connectivity index (χ0v) is 45.0. The van der Waals surface area contributed by atoms with Crippen molar-refractivity contribution in [2.24, 2.45) is 0 Å². The molecule has 0 aromatic carbocycles. The summed E-state index contributed by atoms with van der Waals surface area (Å²) in [5, 5.41) is 0. The van der Waals surface area contributed by atoms with Gasteiger partial charge in [-0.15, -0.1) is 0 Å². The van der Waals surface area contributed by atoms with Gasteiger partial charge in [0.05, 0.1) is 0 Å². The minimum Gasteiger partial charge on any atom is -0.462 e. The first-order valence-electron chi connectivity index (χ1n) is 28.7. The van der Waals surface area contributed by atoms with Gasteiger partial charge in [-0.05, 0) is 116 Å². The Bertz CT molecular complexity index is 1380. The first-order chi connectivity index (χ1) is 34.0. The number of esters is 3. The van der Waals surface area contributed by atoms with Crippen LogP contribution in [0.25, 0.3) is 0 Å². The second kappa shape index (κ2) is 56.9. The SMILES string of the molecule is CCCCC/C=C\C/C=C\C/C=C\C/C=C\C/C=C\CCC(=O)OC[C@H](COC(=O)CCCCCCCCCCC/C=C\C/C=C\CCCCC)OC(=O)CCCCCCC/C=C\CCCCCC. The Hall–Kier alpha value is -3.67. The number of hydrogen-bond acceptors (Lipinski definition) is 6. The number of hydrogen-bond donors (Lipinski definition) is 0. The highest BCUT2D eigenvalue weighted by Crippen LogP contribution is 2.14. The van der Waals surface area contributed by atoms with Crippen molar-refractivity contribution >= 4 is 17.9 Å². The number of carbonyl (C=O) groups is 3. The lowest BCUT2D eigenvalue weighted by atomic mass is 10.1. The Morgan fingerprint density at radius 3 is 0.942 bits per heavy atom. The number of ether oxygens (including phenoxy) is 3. The van der Waals surface area contributed by atoms with Crippen molar-refractivity contribution in [2.75, 3.05) is 13.2 Å². The minimum atomic E-state index is -0.814. The van der Waals surface area contributed by atoms with E-state index in [1.54, 1.807) is 0 Å². The fourth-order valence-corrected chi connectivity index (χ4v) is 7.68. The predicted molar refractivity (Wildman–Crippen MR) is 297 cm³/mol. The number of unbranched alkanes of at least 4 members (excludes halogenated alkanes) is 24. The molecule has 0 fully saturated rings. The van der Waals surface area contributed by atoms with Crippen LogP contribution in [0.4, 0.5) is 0 Å². The molecule has 1 atom stereocenters. The molecule has 0 aliphatic carbocycles. The van der Waals surface area contributed by atoms with Gasteiger partial charge < -0.3 is 14.2 Å². The first-order valence-corrected chi connectivity index (χ1v) is 28.7. The Morgan fingerprint density at radius 2 is 0.551 bits per heavy atom. The third kappa shape index (κ3) is 55.1. The molecule has 0 bridgehead atoms. The molecule has 0 aromatic heterocycles. The van der Waals surface area contributed by atoms with Gasteiger partial charge in [0.25, 0.3) is 0 Å². The molecule has 0 saturated heterocycles. The van der Waals surface area contributed by atoms with E-state index in [0.29, 0.717) is 19.3 Å². The van der Waals surface area contributed by atoms with Crippen LogP contribution in [0.5, 0.6) is 0 Å². The molecular formula is C63H106O6. The minimum absolute atomic E-state index is 0.106. The lowest BCUT2D eigenvalue weighted by Crippen LogP contribution is -2.30. The van der Waals surface area contributed by atoms with Crippen LogP contribution in [0, 0.1) is 0 Å². The molecule has 6 nitrogen and oxygen atoms in total. The fraction of sp³-hybridized carbons (Fsp3) is 0.698. The van der Waals surface area contributed by atoms with E-state index < -0.39 is 6.10 Å². The van der Waals surface area contributed by atoms with Crippen LogP contribution in [0.3, 0.4) is 0 Å². The molecule has 0 amide bonds. The smallest absolute Gasteiger partial charge is 0.306 e. The van der Waals surface area contributed by atoms with Gasteiger partial charge in [-0.3, -0.25) is 14.4 Å². The first kappa shape index (κ1) is 65.3. The highest BCUT2D eigenvalue weighted by atomic mass is 16.6. The molecule has 0 unspecified atom stereocenters. The average molecular weight is 960 g/mol. The Labute approximate surface area is 426 Å². The molecule has 6 heteroatoms. The predicted octanol–water partition coefficient (Wildman–Crippen LogP) is 19.3. The topological polar surface area (TPSA) is 78.9 Å². The summed E-state index contributed by atoms with van der Waals surface area (Å²) in [7, 11) is 0. The van der Waals surface area contributed by atoms with Crippen LogP contribution in [0.15, 0.2) is 97.2 Å². The molecule has 394 valence electrons. The molecule has 0 saturated carbocycles. The van der Waals surface area contributed by atoms with E-state index in [1.165, 1.54) is 135 Å². The molecular weight excluding hydrogens is 853 g/mol. The van der Waals surface area contributed by atoms with E-state index in [-0.39, 0.29) is 37.5 Å². The van der Waals surface area contributed by atoms with E-state index in [0.717, 1.165) is 83.5 Å². The molecule has 69 heavy (non-hydrogen) atoms. The van der Waals surface area contributed by atoms with Crippen molar-refractivity contribution in [3.63, 3.8) is 0 Å². The summed E-state index contributed by atoms with van der Waals surface area (Å²) >= 11 is 0. The maximum atomic E-state index is 12.8. The van der Waals surface area contributed by atoms with Crippen molar-refractivity contribution in [1.29, 1.82) is 0 Å². The summed E-state index contributed by atoms with van der Waals surface area (Å²) in [4.78, 5) is 38.1. The lowest BCUT2D eigenvalue weighted by molar-refractivity contribution is -0.166. The summed E-state index contributed by atoms with van der Waals surface area (Å²) in [6, 6.07) is 0. The van der Waals surface area contributed by atoms with Crippen molar-refractivity contribution in [1.82, 2.24) is 0 Å². The van der Waals surface area contributed by atoms with Crippen LogP contribution < -0.4 is 0 Å². The Morgan fingerprint density at radius 1 is 0.290 bits per heavy atom. The maximum Gasteiger partial charge on any atom is 0.306 e. The Balaban J connectivity index is 4.48. The molecule has 0 aromatic rings. The summed E-state index contributed by atoms with van der Waals surface area (Å²) in [5.74, 6) is -1.00. The fourth-order valence-electron chi connectivity index (χ4n) is 7.68. The van der Waals surface area contributed by atoms with Gasteiger partial charge in [-0.25, -0.2) is 0 Å². The summed E-state index contributed by atoms with van der Waals surface area (Å²) in [5.41, 5.74) is 0. The lowest BCUT2D eigenvalue weighted by Gasteiger charge is -2.18. The van der Waals surface area contributed by atoms with Crippen molar-refractivity contribution in [3.05, 3.63) is 97.2 Å². The zero-order chi connectivity index (χ0) is 50.0. The van der Waals surface area contributed by atoms with Gasteiger partial charge in [0.15, 0.2) is 6.10 Å². The van der Waals surface area contributed by atoms with Gasteiger partial charge in [-0.2, -0.15) is 0 Å². The van der Waals surface area contributed by atoms with E-state index in [1.807, 2.05) is 6.08 Å². The van der Waals surface area contributed by atoms with E-state index >= 15 is 0 Å². The van der Waals surface area contributed by atoms with Gasteiger partial charge in [-0.1, -0.05) is 227 Å². The number of rotatable bonds is 51. The van der Waals surface area contributed by atoms with Gasteiger partial charge >= 0.3 is 17.9 Å². The van der Waals surface area contributed by atoms with E-state index in [4.69, 9.17) is 14.2 Å². The largest absolute Gasteiger partial charge is 0.462 e. The standard InChI is InChI=1S/C63H106O6/c1-4-7-10-13-16-19-22-25-27-29-31-33-35-38-40-43-46-49-52-55-61(64)67-58-60(69-63(66)57-54-51-48-45-42-37-24-21-18-15-12-9-6-3)59-68-62(65)56-53-50-47-44-41-39-36-34-32-30-28-26-23-20-17-14-11-8-5-2/h16-17,19-21,24-28,31,33,38,40,46,49,60H,4-15,18,22-23,29-30,32,34-37,39,41-45,47-48,50-59H2,1-3H3/b19-16-,20-17-,24-21-,27-25-,28-26-,33-31-,40-38-,49-46-/t60-/m1/s1. The van der Waals surface area contributed by atoms with Crippen LogP contribution >= 0.6 is 0 Å². The van der Waals surface area contributed by atoms with Crippen molar-refractivity contribution < 1.29 is 28.6 Å². The van der Waals surface area contributed by atoms with Crippen molar-refractivity contribution in [3.8, 4) is 0 Å². The zero-order valence-electron chi connectivity index (χ0n) is 45.0. The van der Waals surface area contributed by atoms with Crippen molar-refractivity contribution in [2.45, 2.75) is 271 Å². The average Bonchev–Trinajstić information content (AvgIpc) is 3.35.